The van der Waals surface area contributed by atoms with Gasteiger partial charge in [-0.3, -0.25) is 9.59 Å². The fourth-order valence-electron chi connectivity index (χ4n) is 1.76. The molecule has 1 heterocycles. The van der Waals surface area contributed by atoms with Crippen molar-refractivity contribution in [2.45, 2.75) is 18.6 Å². The number of benzene rings is 1. The SMILES string of the molecule is Cc1ccc2c(c1)nc(SCC(=O)O)n2CC(N)=O. The monoisotopic (exact) mass is 279 g/mol. The number of aryl methyl sites for hydroxylation is 1. The summed E-state index contributed by atoms with van der Waals surface area (Å²) < 4.78 is 1.64. The number of carboxylic acid groups (broad SMARTS) is 1. The van der Waals surface area contributed by atoms with Gasteiger partial charge in [-0.15, -0.1) is 0 Å². The predicted molar refractivity (Wildman–Crippen MR) is 72.0 cm³/mol. The van der Waals surface area contributed by atoms with Gasteiger partial charge in [0.1, 0.15) is 6.54 Å². The molecule has 2 rings (SSSR count). The van der Waals surface area contributed by atoms with E-state index in [-0.39, 0.29) is 12.3 Å². The highest BCUT2D eigenvalue weighted by Gasteiger charge is 2.14. The van der Waals surface area contributed by atoms with E-state index < -0.39 is 11.9 Å². The molecule has 0 saturated heterocycles. The van der Waals surface area contributed by atoms with Gasteiger partial charge in [-0.25, -0.2) is 4.98 Å². The van der Waals surface area contributed by atoms with Crippen molar-refractivity contribution in [3.63, 3.8) is 0 Å². The van der Waals surface area contributed by atoms with Crippen LogP contribution in [0.2, 0.25) is 0 Å². The van der Waals surface area contributed by atoms with Crippen LogP contribution in [0.15, 0.2) is 23.4 Å². The number of primary amides is 1. The molecule has 0 atom stereocenters. The number of fused-ring (bicyclic) bond motifs is 1. The molecule has 1 aromatic heterocycles. The molecule has 1 aromatic carbocycles. The summed E-state index contributed by atoms with van der Waals surface area (Å²) in [5.41, 5.74) is 7.77. The molecule has 0 aliphatic carbocycles. The third kappa shape index (κ3) is 3.05. The van der Waals surface area contributed by atoms with Crippen molar-refractivity contribution in [3.05, 3.63) is 23.8 Å². The number of nitrogens with zero attached hydrogens (tertiary/aromatic N) is 2. The molecule has 0 radical (unpaired) electrons. The van der Waals surface area contributed by atoms with Crippen molar-refractivity contribution in [3.8, 4) is 0 Å². The highest BCUT2D eigenvalue weighted by Crippen LogP contribution is 2.24. The Bertz CT molecular complexity index is 651. The van der Waals surface area contributed by atoms with Crippen LogP contribution in [0.1, 0.15) is 5.56 Å². The Kier molecular flexibility index (Phi) is 3.75. The fraction of sp³-hybridized carbons (Fsp3) is 0.250. The lowest BCUT2D eigenvalue weighted by molar-refractivity contribution is -0.133. The molecule has 6 nitrogen and oxygen atoms in total. The molecule has 3 N–H and O–H groups in total. The van der Waals surface area contributed by atoms with E-state index in [1.54, 1.807) is 4.57 Å². The maximum absolute atomic E-state index is 11.1. The van der Waals surface area contributed by atoms with E-state index in [0.717, 1.165) is 28.4 Å². The zero-order valence-corrected chi connectivity index (χ0v) is 11.1. The number of amides is 1. The van der Waals surface area contributed by atoms with Crippen LogP contribution >= 0.6 is 11.8 Å². The van der Waals surface area contributed by atoms with Crippen molar-refractivity contribution < 1.29 is 14.7 Å². The van der Waals surface area contributed by atoms with Gasteiger partial charge in [0.15, 0.2) is 5.16 Å². The van der Waals surface area contributed by atoms with Gasteiger partial charge >= 0.3 is 5.97 Å². The van der Waals surface area contributed by atoms with Crippen LogP contribution < -0.4 is 5.73 Å². The molecule has 2 aromatic rings. The number of hydrogen-bond donors (Lipinski definition) is 2. The summed E-state index contributed by atoms with van der Waals surface area (Å²) in [5.74, 6) is -1.53. The van der Waals surface area contributed by atoms with Crippen LogP contribution in [0.5, 0.6) is 0 Å². The summed E-state index contributed by atoms with van der Waals surface area (Å²) in [6, 6.07) is 5.65. The van der Waals surface area contributed by atoms with E-state index in [1.807, 2.05) is 25.1 Å². The molecule has 7 heteroatoms. The van der Waals surface area contributed by atoms with Crippen LogP contribution in [0.3, 0.4) is 0 Å². The summed E-state index contributed by atoms with van der Waals surface area (Å²) in [5, 5.41) is 9.20. The Morgan fingerprint density at radius 1 is 1.47 bits per heavy atom. The predicted octanol–water partition coefficient (Wildman–Crippen LogP) is 1.01. The quantitative estimate of drug-likeness (QED) is 0.796. The second-order valence-corrected chi connectivity index (χ2v) is 5.06. The smallest absolute Gasteiger partial charge is 0.313 e. The number of carbonyl (C=O) groups excluding carboxylic acids is 1. The number of carboxylic acids is 1. The summed E-state index contributed by atoms with van der Waals surface area (Å²) in [6.45, 7) is 1.93. The van der Waals surface area contributed by atoms with Gasteiger partial charge in [-0.1, -0.05) is 17.8 Å². The van der Waals surface area contributed by atoms with Crippen molar-refractivity contribution in [2.75, 3.05) is 5.75 Å². The summed E-state index contributed by atoms with van der Waals surface area (Å²) in [4.78, 5) is 26.1. The zero-order chi connectivity index (χ0) is 14.0. The van der Waals surface area contributed by atoms with Crippen molar-refractivity contribution in [1.29, 1.82) is 0 Å². The van der Waals surface area contributed by atoms with Gasteiger partial charge in [0.05, 0.1) is 16.8 Å². The van der Waals surface area contributed by atoms with E-state index in [9.17, 15) is 9.59 Å². The standard InChI is InChI=1S/C12H13N3O3S/c1-7-2-3-9-8(4-7)14-12(19-6-11(17)18)15(9)5-10(13)16/h2-4H,5-6H2,1H3,(H2,13,16)(H,17,18). The van der Waals surface area contributed by atoms with E-state index in [0.29, 0.717) is 5.16 Å². The summed E-state index contributed by atoms with van der Waals surface area (Å²) in [7, 11) is 0. The Morgan fingerprint density at radius 3 is 2.84 bits per heavy atom. The van der Waals surface area contributed by atoms with Crippen LogP contribution in [0, 0.1) is 6.92 Å². The largest absolute Gasteiger partial charge is 0.481 e. The van der Waals surface area contributed by atoms with Gasteiger partial charge in [0.25, 0.3) is 0 Å². The third-order valence-corrected chi connectivity index (χ3v) is 3.47. The molecule has 19 heavy (non-hydrogen) atoms. The molecule has 1 amide bonds. The molecule has 0 aliphatic rings. The number of carbonyl (C=O) groups is 2. The van der Waals surface area contributed by atoms with Crippen LogP contribution in [-0.2, 0) is 16.1 Å². The van der Waals surface area contributed by atoms with Crippen LogP contribution in [0.4, 0.5) is 0 Å². The van der Waals surface area contributed by atoms with E-state index >= 15 is 0 Å². The van der Waals surface area contributed by atoms with E-state index in [4.69, 9.17) is 10.8 Å². The minimum absolute atomic E-state index is 0.0124. The van der Waals surface area contributed by atoms with Gasteiger partial charge < -0.3 is 15.4 Å². The molecular formula is C12H13N3O3S. The minimum atomic E-state index is -0.932. The normalized spacial score (nSPS) is 10.8. The average molecular weight is 279 g/mol. The average Bonchev–Trinajstić information content (AvgIpc) is 2.63. The fourth-order valence-corrected chi connectivity index (χ4v) is 2.50. The molecular weight excluding hydrogens is 266 g/mol. The first-order valence-corrected chi connectivity index (χ1v) is 6.55. The Morgan fingerprint density at radius 2 is 2.21 bits per heavy atom. The minimum Gasteiger partial charge on any atom is -0.481 e. The van der Waals surface area contributed by atoms with E-state index in [1.165, 1.54) is 0 Å². The third-order valence-electron chi connectivity index (χ3n) is 2.51. The molecule has 0 fully saturated rings. The van der Waals surface area contributed by atoms with Gasteiger partial charge in [-0.2, -0.15) is 0 Å². The van der Waals surface area contributed by atoms with E-state index in [2.05, 4.69) is 4.98 Å². The molecule has 0 aliphatic heterocycles. The molecule has 100 valence electrons. The van der Waals surface area contributed by atoms with Crippen molar-refractivity contribution >= 4 is 34.7 Å². The molecule has 0 unspecified atom stereocenters. The van der Waals surface area contributed by atoms with Crippen LogP contribution in [0.25, 0.3) is 11.0 Å². The molecule has 0 bridgehead atoms. The highest BCUT2D eigenvalue weighted by molar-refractivity contribution is 7.99. The number of thioether (sulfide) groups is 1. The molecule has 0 spiro atoms. The van der Waals surface area contributed by atoms with Crippen molar-refractivity contribution in [2.24, 2.45) is 5.73 Å². The lowest BCUT2D eigenvalue weighted by Crippen LogP contribution is -2.19. The Hall–Kier alpha value is -2.02. The first-order valence-electron chi connectivity index (χ1n) is 5.57. The molecule has 0 saturated carbocycles. The number of rotatable bonds is 5. The summed E-state index contributed by atoms with van der Waals surface area (Å²) in [6.07, 6.45) is 0. The summed E-state index contributed by atoms with van der Waals surface area (Å²) >= 11 is 1.07. The Labute approximate surface area is 113 Å². The first kappa shape index (κ1) is 13.4. The maximum Gasteiger partial charge on any atom is 0.313 e. The Balaban J connectivity index is 2.47. The first-order chi connectivity index (χ1) is 8.97. The lowest BCUT2D eigenvalue weighted by Gasteiger charge is -2.05. The van der Waals surface area contributed by atoms with Gasteiger partial charge in [0.2, 0.25) is 5.91 Å². The van der Waals surface area contributed by atoms with Crippen molar-refractivity contribution in [1.82, 2.24) is 9.55 Å². The van der Waals surface area contributed by atoms with Gasteiger partial charge in [0, 0.05) is 0 Å². The highest BCUT2D eigenvalue weighted by atomic mass is 32.2. The number of nitrogens with two attached hydrogens (primary N) is 1. The van der Waals surface area contributed by atoms with Crippen LogP contribution in [-0.4, -0.2) is 32.3 Å². The topological polar surface area (TPSA) is 98.2 Å². The second-order valence-electron chi connectivity index (χ2n) is 4.12. The number of hydrogen-bond acceptors (Lipinski definition) is 4. The zero-order valence-electron chi connectivity index (χ0n) is 10.3. The lowest BCUT2D eigenvalue weighted by atomic mass is 10.2. The second kappa shape index (κ2) is 5.31. The van der Waals surface area contributed by atoms with Gasteiger partial charge in [-0.05, 0) is 24.6 Å². The maximum atomic E-state index is 11.1. The number of imidazole rings is 1. The number of aliphatic carboxylic acids is 1. The number of aromatic nitrogens is 2.